The number of phenolic OH excluding ortho intramolecular Hbond substituents is 1. The minimum Gasteiger partial charge on any atom is -0.505 e. The van der Waals surface area contributed by atoms with Crippen LogP contribution in [0.2, 0.25) is 0 Å². The van der Waals surface area contributed by atoms with Crippen LogP contribution in [0.4, 0.5) is 14.9 Å². The van der Waals surface area contributed by atoms with Crippen LogP contribution in [0.5, 0.6) is 11.5 Å². The Morgan fingerprint density at radius 3 is 2.41 bits per heavy atom. The van der Waals surface area contributed by atoms with Gasteiger partial charge in [-0.25, -0.2) is 9.18 Å². The van der Waals surface area contributed by atoms with Gasteiger partial charge in [0.1, 0.15) is 5.75 Å². The number of nitrogens with one attached hydrogen (secondary N) is 1. The topological polar surface area (TPSA) is 65.0 Å². The molecule has 1 aliphatic heterocycles. The number of hydrogen-bond acceptors (Lipinski definition) is 4. The maximum absolute atomic E-state index is 13.4. The van der Waals surface area contributed by atoms with E-state index < -0.39 is 5.82 Å². The smallest absolute Gasteiger partial charge is 0.321 e. The fraction of sp³-hybridized carbons (Fsp3) is 0.300. The molecule has 1 fully saturated rings. The molecule has 194 valence electrons. The third-order valence-corrected chi connectivity index (χ3v) is 5.95. The Labute approximate surface area is 218 Å². The predicted octanol–water partition coefficient (Wildman–Crippen LogP) is 5.58. The number of rotatable bonds is 6. The third kappa shape index (κ3) is 9.17. The van der Waals surface area contributed by atoms with E-state index in [2.05, 4.69) is 22.1 Å². The van der Waals surface area contributed by atoms with E-state index >= 15 is 0 Å². The van der Waals surface area contributed by atoms with Gasteiger partial charge in [0.2, 0.25) is 0 Å². The van der Waals surface area contributed by atoms with Crippen LogP contribution in [0.1, 0.15) is 30.4 Å². The first kappa shape index (κ1) is 27.6. The Morgan fingerprint density at radius 1 is 1.03 bits per heavy atom. The number of benzene rings is 3. The molecule has 0 saturated carbocycles. The van der Waals surface area contributed by atoms with Crippen molar-refractivity contribution < 1.29 is 19.0 Å². The van der Waals surface area contributed by atoms with Crippen molar-refractivity contribution in [3.05, 3.63) is 89.7 Å². The lowest BCUT2D eigenvalue weighted by Crippen LogP contribution is -2.34. The average molecular weight is 504 g/mol. The maximum atomic E-state index is 13.4. The minimum atomic E-state index is -0.675. The van der Waals surface area contributed by atoms with Crippen molar-refractivity contribution >= 4 is 11.7 Å². The second-order valence-electron chi connectivity index (χ2n) is 8.74. The van der Waals surface area contributed by atoms with Crippen molar-refractivity contribution in [2.75, 3.05) is 45.7 Å². The Morgan fingerprint density at radius 2 is 1.73 bits per heavy atom. The molecule has 1 heterocycles. The van der Waals surface area contributed by atoms with Crippen LogP contribution in [-0.4, -0.2) is 61.3 Å². The highest BCUT2D eigenvalue weighted by atomic mass is 19.1. The summed E-state index contributed by atoms with van der Waals surface area (Å²) in [4.78, 5) is 16.3. The number of aromatic hydroxyl groups is 1. The summed E-state index contributed by atoms with van der Waals surface area (Å²) in [5, 5.41) is 12.0. The Kier molecular flexibility index (Phi) is 10.8. The lowest BCUT2D eigenvalue weighted by Gasteiger charge is -2.20. The summed E-state index contributed by atoms with van der Waals surface area (Å²) in [6.07, 6.45) is 3.65. The van der Waals surface area contributed by atoms with Crippen LogP contribution in [0, 0.1) is 17.7 Å². The molecule has 6 nitrogen and oxygen atoms in total. The number of urea groups is 1. The van der Waals surface area contributed by atoms with E-state index in [0.29, 0.717) is 0 Å². The first-order valence-electron chi connectivity index (χ1n) is 12.4. The second-order valence-corrected chi connectivity index (χ2v) is 8.74. The molecule has 2 amide bonds. The monoisotopic (exact) mass is 503 g/mol. The third-order valence-electron chi connectivity index (χ3n) is 5.95. The van der Waals surface area contributed by atoms with Gasteiger partial charge in [0.25, 0.3) is 0 Å². The zero-order valence-corrected chi connectivity index (χ0v) is 21.4. The molecule has 0 radical (unpaired) electrons. The summed E-state index contributed by atoms with van der Waals surface area (Å²) >= 11 is 0. The number of methoxy groups -OCH3 is 1. The zero-order valence-electron chi connectivity index (χ0n) is 21.4. The molecule has 3 aromatic rings. The van der Waals surface area contributed by atoms with Gasteiger partial charge >= 0.3 is 6.03 Å². The molecule has 0 bridgehead atoms. The van der Waals surface area contributed by atoms with Gasteiger partial charge in [0, 0.05) is 24.8 Å². The first-order chi connectivity index (χ1) is 18.0. The Balaban J connectivity index is 0.000000213. The molecule has 3 aromatic carbocycles. The van der Waals surface area contributed by atoms with Crippen LogP contribution < -0.4 is 10.1 Å². The van der Waals surface area contributed by atoms with Crippen molar-refractivity contribution in [1.29, 1.82) is 0 Å². The Hall–Kier alpha value is -4.02. The molecule has 0 spiro atoms. The standard InChI is InChI=1S/C16H25N3O2.C14H9FO/c1-18(10-5-13-19-11-3-4-12-19)16(20)17-14-6-8-15(21-2)9-7-14;15-14-12(7-4-8-13(14)16)10-9-11-5-2-1-3-6-11/h6-9H,3-5,10-13H2,1-2H3,(H,17,20);1-8,16H. The van der Waals surface area contributed by atoms with Gasteiger partial charge in [-0.3, -0.25) is 0 Å². The van der Waals surface area contributed by atoms with Crippen LogP contribution in [0.25, 0.3) is 0 Å². The van der Waals surface area contributed by atoms with Gasteiger partial charge in [-0.2, -0.15) is 0 Å². The summed E-state index contributed by atoms with van der Waals surface area (Å²) in [6, 6.07) is 21.0. The molecule has 0 unspecified atom stereocenters. The number of anilines is 1. The van der Waals surface area contributed by atoms with Crippen LogP contribution in [0.3, 0.4) is 0 Å². The molecule has 37 heavy (non-hydrogen) atoms. The molecule has 0 aromatic heterocycles. The predicted molar refractivity (Wildman–Crippen MR) is 145 cm³/mol. The van der Waals surface area contributed by atoms with E-state index in [1.807, 2.05) is 61.6 Å². The summed E-state index contributed by atoms with van der Waals surface area (Å²) in [5.74, 6) is 5.25. The molecule has 4 rings (SSSR count). The quantitative estimate of drug-likeness (QED) is 0.432. The van der Waals surface area contributed by atoms with E-state index in [1.165, 1.54) is 38.1 Å². The fourth-order valence-corrected chi connectivity index (χ4v) is 3.81. The number of ether oxygens (including phenoxy) is 1. The summed E-state index contributed by atoms with van der Waals surface area (Å²) in [6.45, 7) is 4.28. The van der Waals surface area contributed by atoms with Crippen molar-refractivity contribution in [2.24, 2.45) is 0 Å². The maximum Gasteiger partial charge on any atom is 0.321 e. The summed E-state index contributed by atoms with van der Waals surface area (Å²) < 4.78 is 18.4. The van der Waals surface area contributed by atoms with Gasteiger partial charge in [0.15, 0.2) is 11.6 Å². The van der Waals surface area contributed by atoms with E-state index in [0.717, 1.165) is 36.5 Å². The van der Waals surface area contributed by atoms with Gasteiger partial charge in [-0.1, -0.05) is 36.1 Å². The highest BCUT2D eigenvalue weighted by molar-refractivity contribution is 5.89. The number of phenols is 1. The van der Waals surface area contributed by atoms with Crippen molar-refractivity contribution in [1.82, 2.24) is 9.80 Å². The van der Waals surface area contributed by atoms with Crippen molar-refractivity contribution in [3.8, 4) is 23.3 Å². The molecule has 0 aliphatic carbocycles. The fourth-order valence-electron chi connectivity index (χ4n) is 3.81. The first-order valence-corrected chi connectivity index (χ1v) is 12.4. The summed E-state index contributed by atoms with van der Waals surface area (Å²) in [5.41, 5.74) is 1.79. The SMILES string of the molecule is COc1ccc(NC(=O)N(C)CCCN2CCCC2)cc1.Oc1cccc(C#Cc2ccccc2)c1F. The lowest BCUT2D eigenvalue weighted by atomic mass is 10.1. The number of likely N-dealkylation sites (tertiary alicyclic amines) is 1. The molecule has 7 heteroatoms. The number of hydrogen-bond donors (Lipinski definition) is 2. The van der Waals surface area contributed by atoms with Crippen LogP contribution >= 0.6 is 0 Å². The van der Waals surface area contributed by atoms with Gasteiger partial charge in [0.05, 0.1) is 12.7 Å². The molecule has 0 atom stereocenters. The van der Waals surface area contributed by atoms with E-state index in [9.17, 15) is 9.18 Å². The van der Waals surface area contributed by atoms with Crippen LogP contribution in [-0.2, 0) is 0 Å². The number of carbonyl (C=O) groups is 1. The largest absolute Gasteiger partial charge is 0.505 e. The lowest BCUT2D eigenvalue weighted by molar-refractivity contribution is 0.218. The molecule has 1 saturated heterocycles. The number of carbonyl (C=O) groups excluding carboxylic acids is 1. The molecular formula is C30H34FN3O3. The van der Waals surface area contributed by atoms with E-state index in [-0.39, 0.29) is 17.3 Å². The highest BCUT2D eigenvalue weighted by Gasteiger charge is 2.13. The molecule has 1 aliphatic rings. The van der Waals surface area contributed by atoms with E-state index in [1.54, 1.807) is 18.1 Å². The van der Waals surface area contributed by atoms with Gasteiger partial charge in [-0.15, -0.1) is 0 Å². The number of nitrogens with zero attached hydrogens (tertiary/aromatic N) is 2. The molecule has 2 N–H and O–H groups in total. The number of halogens is 1. The van der Waals surface area contributed by atoms with Crippen molar-refractivity contribution in [3.63, 3.8) is 0 Å². The number of amides is 2. The minimum absolute atomic E-state index is 0.0680. The highest BCUT2D eigenvalue weighted by Crippen LogP contribution is 2.18. The Bertz CT molecular complexity index is 1180. The van der Waals surface area contributed by atoms with Gasteiger partial charge < -0.3 is 25.0 Å². The van der Waals surface area contributed by atoms with E-state index in [4.69, 9.17) is 9.84 Å². The zero-order chi connectivity index (χ0) is 26.5. The van der Waals surface area contributed by atoms with Crippen molar-refractivity contribution in [2.45, 2.75) is 19.3 Å². The normalized spacial score (nSPS) is 12.5. The molecular weight excluding hydrogens is 469 g/mol. The summed E-state index contributed by atoms with van der Waals surface area (Å²) in [7, 11) is 3.46. The van der Waals surface area contributed by atoms with Crippen LogP contribution in [0.15, 0.2) is 72.8 Å². The average Bonchev–Trinajstić information content (AvgIpc) is 3.44. The second kappa shape index (κ2) is 14.5. The van der Waals surface area contributed by atoms with Gasteiger partial charge in [-0.05, 0) is 87.4 Å².